The molecule has 3 saturated carbocycles. The summed E-state index contributed by atoms with van der Waals surface area (Å²) >= 11 is 0. The number of piperidine rings is 1. The number of carbonyl (C=O) groups excluding carboxylic acids is 1. The molecule has 31 heavy (non-hydrogen) atoms. The molecule has 1 saturated heterocycles. The fourth-order valence-corrected chi connectivity index (χ4v) is 9.33. The Kier molecular flexibility index (Phi) is 6.58. The van der Waals surface area contributed by atoms with Crippen LogP contribution in [0, 0.1) is 46.3 Å². The molecule has 0 bridgehead atoms. The number of nitrogens with zero attached hydrogens (tertiary/aromatic N) is 1. The van der Waals surface area contributed by atoms with Crippen LogP contribution in [0.5, 0.6) is 0 Å². The second-order valence-corrected chi connectivity index (χ2v) is 12.9. The fourth-order valence-electron chi connectivity index (χ4n) is 9.33. The lowest BCUT2D eigenvalue weighted by molar-refractivity contribution is -0.186. The third kappa shape index (κ3) is 3.79. The van der Waals surface area contributed by atoms with E-state index in [1.54, 1.807) is 0 Å². The van der Waals surface area contributed by atoms with Gasteiger partial charge in [0.25, 0.3) is 0 Å². The molecule has 0 aromatic carbocycles. The maximum Gasteiger partial charge on any atom is 0.222 e. The average Bonchev–Trinajstić information content (AvgIpc) is 3.08. The lowest BCUT2D eigenvalue weighted by Gasteiger charge is -2.63. The molecule has 0 spiro atoms. The largest absolute Gasteiger partial charge is 0.381 e. The number of hydrogen-bond acceptors (Lipinski definition) is 2. The van der Waals surface area contributed by atoms with Gasteiger partial charge in [0.2, 0.25) is 5.91 Å². The van der Waals surface area contributed by atoms with Crippen LogP contribution in [0.25, 0.3) is 0 Å². The van der Waals surface area contributed by atoms with Crippen molar-refractivity contribution in [1.82, 2.24) is 4.90 Å². The molecule has 0 N–H and O–H groups in total. The Hall–Kier alpha value is -0.570. The van der Waals surface area contributed by atoms with Gasteiger partial charge in [0.05, 0.1) is 6.10 Å². The van der Waals surface area contributed by atoms with Crippen LogP contribution in [0.15, 0.2) is 0 Å². The van der Waals surface area contributed by atoms with Gasteiger partial charge in [-0.25, -0.2) is 0 Å². The number of rotatable bonds is 6. The molecule has 0 aromatic heterocycles. The van der Waals surface area contributed by atoms with Crippen molar-refractivity contribution in [3.8, 4) is 0 Å². The van der Waals surface area contributed by atoms with Crippen molar-refractivity contribution < 1.29 is 9.53 Å². The smallest absolute Gasteiger partial charge is 0.222 e. The van der Waals surface area contributed by atoms with Gasteiger partial charge >= 0.3 is 0 Å². The van der Waals surface area contributed by atoms with Crippen LogP contribution in [0.1, 0.15) is 98.8 Å². The SMILES string of the molecule is COC1C[C@H]2N(C)C(=O)CC[C@]2(C)[C@H]2CC[C@]3(C)[C@@H]([C@H](C)CCCC(C)C)CC[C@H]3[C@H]12. The van der Waals surface area contributed by atoms with Crippen LogP contribution in [-0.4, -0.2) is 37.1 Å². The van der Waals surface area contributed by atoms with E-state index in [1.165, 1.54) is 44.9 Å². The highest BCUT2D eigenvalue weighted by atomic mass is 16.5. The third-order valence-electron chi connectivity index (χ3n) is 11.1. The Labute approximate surface area is 192 Å². The summed E-state index contributed by atoms with van der Waals surface area (Å²) in [6, 6.07) is 0.358. The molecule has 1 amide bonds. The minimum absolute atomic E-state index is 0.269. The first-order chi connectivity index (χ1) is 14.6. The van der Waals surface area contributed by atoms with Crippen molar-refractivity contribution in [3.63, 3.8) is 0 Å². The highest BCUT2D eigenvalue weighted by Gasteiger charge is 2.64. The van der Waals surface area contributed by atoms with Crippen LogP contribution >= 0.6 is 0 Å². The number of fused-ring (bicyclic) bond motifs is 5. The summed E-state index contributed by atoms with van der Waals surface area (Å²) in [5.74, 6) is 5.08. The van der Waals surface area contributed by atoms with E-state index in [0.29, 0.717) is 35.3 Å². The first kappa shape index (κ1) is 23.6. The molecular formula is C28H49NO2. The fraction of sp³-hybridized carbons (Fsp3) is 0.964. The normalized spacial score (nSPS) is 45.9. The summed E-state index contributed by atoms with van der Waals surface area (Å²) in [4.78, 5) is 14.6. The average molecular weight is 432 g/mol. The Morgan fingerprint density at radius 3 is 2.42 bits per heavy atom. The zero-order valence-electron chi connectivity index (χ0n) is 21.5. The molecule has 3 nitrogen and oxygen atoms in total. The van der Waals surface area contributed by atoms with Gasteiger partial charge in [0.15, 0.2) is 0 Å². The number of methoxy groups -OCH3 is 1. The number of carbonyl (C=O) groups is 1. The molecule has 9 atom stereocenters. The monoisotopic (exact) mass is 431 g/mol. The summed E-state index contributed by atoms with van der Waals surface area (Å²) < 4.78 is 6.24. The van der Waals surface area contributed by atoms with Crippen molar-refractivity contribution in [2.75, 3.05) is 14.2 Å². The van der Waals surface area contributed by atoms with E-state index in [4.69, 9.17) is 4.74 Å². The second-order valence-electron chi connectivity index (χ2n) is 12.9. The minimum Gasteiger partial charge on any atom is -0.381 e. The Balaban J connectivity index is 1.56. The van der Waals surface area contributed by atoms with Crippen LogP contribution in [0.2, 0.25) is 0 Å². The number of hydrogen-bond donors (Lipinski definition) is 0. The summed E-state index contributed by atoms with van der Waals surface area (Å²) in [6.07, 6.45) is 12.9. The molecule has 3 heteroatoms. The Bertz CT molecular complexity index is 661. The topological polar surface area (TPSA) is 29.5 Å². The molecule has 0 aromatic rings. The van der Waals surface area contributed by atoms with Crippen molar-refractivity contribution >= 4 is 5.91 Å². The summed E-state index contributed by atoms with van der Waals surface area (Å²) in [6.45, 7) is 12.4. The second kappa shape index (κ2) is 8.65. The van der Waals surface area contributed by atoms with Gasteiger partial charge in [-0.2, -0.15) is 0 Å². The first-order valence-corrected chi connectivity index (χ1v) is 13.4. The predicted octanol–water partition coefficient (Wildman–Crippen LogP) is 6.55. The van der Waals surface area contributed by atoms with Crippen LogP contribution in [0.3, 0.4) is 0 Å². The van der Waals surface area contributed by atoms with E-state index in [2.05, 4.69) is 46.6 Å². The van der Waals surface area contributed by atoms with Gasteiger partial charge in [0, 0.05) is 26.6 Å². The maximum absolute atomic E-state index is 12.5. The lowest BCUT2D eigenvalue weighted by atomic mass is 9.45. The zero-order chi connectivity index (χ0) is 22.6. The number of ether oxygens (including phenoxy) is 1. The molecule has 3 aliphatic carbocycles. The third-order valence-corrected chi connectivity index (χ3v) is 11.1. The molecule has 4 fully saturated rings. The maximum atomic E-state index is 12.5. The summed E-state index contributed by atoms with van der Waals surface area (Å²) in [5, 5.41) is 0. The minimum atomic E-state index is 0.269. The van der Waals surface area contributed by atoms with Gasteiger partial charge < -0.3 is 9.64 Å². The van der Waals surface area contributed by atoms with E-state index in [1.807, 2.05) is 7.11 Å². The Morgan fingerprint density at radius 1 is 1.03 bits per heavy atom. The van der Waals surface area contributed by atoms with Gasteiger partial charge in [-0.15, -0.1) is 0 Å². The summed E-state index contributed by atoms with van der Waals surface area (Å²) in [5.41, 5.74) is 0.749. The molecule has 1 aliphatic heterocycles. The van der Waals surface area contributed by atoms with E-state index in [-0.39, 0.29) is 5.41 Å². The van der Waals surface area contributed by atoms with Gasteiger partial charge in [-0.1, -0.05) is 53.9 Å². The Morgan fingerprint density at radius 2 is 1.74 bits per heavy atom. The molecule has 4 aliphatic rings. The standard InChI is InChI=1S/C28H49NO2/c1-18(2)9-8-10-19(3)20-11-12-21-26-22(13-15-27(20,21)4)28(5)16-14-25(30)29(6)24(28)17-23(26)31-7/h18-24,26H,8-17H2,1-7H3/t19-,20-,21+,22+,23?,24-,26+,27-,28-/m1/s1. The number of amides is 1. The zero-order valence-corrected chi connectivity index (χ0v) is 21.5. The molecule has 1 heterocycles. The van der Waals surface area contributed by atoms with E-state index >= 15 is 0 Å². The molecule has 0 radical (unpaired) electrons. The number of likely N-dealkylation sites (tertiary alicyclic amines) is 1. The molecular weight excluding hydrogens is 382 g/mol. The van der Waals surface area contributed by atoms with Crippen LogP contribution in [-0.2, 0) is 9.53 Å². The molecule has 1 unspecified atom stereocenters. The van der Waals surface area contributed by atoms with Crippen molar-refractivity contribution in [2.45, 2.75) is 111 Å². The highest BCUT2D eigenvalue weighted by Crippen LogP contribution is 2.67. The summed E-state index contributed by atoms with van der Waals surface area (Å²) in [7, 11) is 3.98. The molecule has 4 rings (SSSR count). The quantitative estimate of drug-likeness (QED) is 0.477. The molecule has 178 valence electrons. The van der Waals surface area contributed by atoms with Crippen molar-refractivity contribution in [2.24, 2.45) is 46.3 Å². The van der Waals surface area contributed by atoms with Crippen molar-refractivity contribution in [3.05, 3.63) is 0 Å². The van der Waals surface area contributed by atoms with E-state index < -0.39 is 0 Å². The van der Waals surface area contributed by atoms with Gasteiger partial charge in [-0.05, 0) is 84.9 Å². The first-order valence-electron chi connectivity index (χ1n) is 13.4. The van der Waals surface area contributed by atoms with Crippen LogP contribution in [0.4, 0.5) is 0 Å². The van der Waals surface area contributed by atoms with E-state index in [0.717, 1.165) is 42.9 Å². The van der Waals surface area contributed by atoms with Gasteiger partial charge in [-0.3, -0.25) is 4.79 Å². The van der Waals surface area contributed by atoms with Gasteiger partial charge in [0.1, 0.15) is 0 Å². The van der Waals surface area contributed by atoms with E-state index in [9.17, 15) is 4.79 Å². The highest BCUT2D eigenvalue weighted by molar-refractivity contribution is 5.77. The van der Waals surface area contributed by atoms with Crippen molar-refractivity contribution in [1.29, 1.82) is 0 Å². The lowest BCUT2D eigenvalue weighted by Crippen LogP contribution is -2.65. The predicted molar refractivity (Wildman–Crippen MR) is 128 cm³/mol. The van der Waals surface area contributed by atoms with Crippen LogP contribution < -0.4 is 0 Å².